The number of hydrogen-bond acceptors (Lipinski definition) is 5. The fraction of sp³-hybridized carbons (Fsp3) is 0.533. The molecule has 4 nitrogen and oxygen atoms in total. The van der Waals surface area contributed by atoms with Crippen molar-refractivity contribution in [3.63, 3.8) is 0 Å². The van der Waals surface area contributed by atoms with Crippen LogP contribution in [0.2, 0.25) is 0 Å². The van der Waals surface area contributed by atoms with E-state index in [1.807, 2.05) is 26.0 Å². The van der Waals surface area contributed by atoms with E-state index in [4.69, 9.17) is 15.2 Å². The van der Waals surface area contributed by atoms with E-state index in [9.17, 15) is 4.79 Å². The number of nitrogens with two attached hydrogens (primary N) is 1. The third-order valence-electron chi connectivity index (χ3n) is 3.21. The molecule has 2 rings (SSSR count). The summed E-state index contributed by atoms with van der Waals surface area (Å²) in [4.78, 5) is 11.6. The molecule has 1 aromatic carbocycles. The molecule has 0 heterocycles. The van der Waals surface area contributed by atoms with Gasteiger partial charge in [-0.15, -0.1) is 0 Å². The first kappa shape index (κ1) is 15.2. The van der Waals surface area contributed by atoms with Crippen molar-refractivity contribution in [1.29, 1.82) is 0 Å². The van der Waals surface area contributed by atoms with Crippen LogP contribution in [0.1, 0.15) is 25.0 Å². The number of fused-ring (bicyclic) bond motifs is 1. The van der Waals surface area contributed by atoms with Gasteiger partial charge < -0.3 is 15.2 Å². The van der Waals surface area contributed by atoms with Crippen molar-refractivity contribution in [2.75, 3.05) is 19.0 Å². The lowest BCUT2D eigenvalue weighted by atomic mass is 10.1. The van der Waals surface area contributed by atoms with Crippen LogP contribution >= 0.6 is 11.8 Å². The first-order valence-corrected chi connectivity index (χ1v) is 7.95. The van der Waals surface area contributed by atoms with Gasteiger partial charge >= 0.3 is 0 Å². The average molecular weight is 295 g/mol. The lowest BCUT2D eigenvalue weighted by Gasteiger charge is -2.15. The van der Waals surface area contributed by atoms with Gasteiger partial charge in [-0.05, 0) is 37.1 Å². The number of thioether (sulfide) groups is 1. The van der Waals surface area contributed by atoms with Gasteiger partial charge in [-0.2, -0.15) is 0 Å². The molecule has 20 heavy (non-hydrogen) atoms. The molecule has 0 saturated carbocycles. The van der Waals surface area contributed by atoms with E-state index in [-0.39, 0.29) is 17.8 Å². The molecule has 1 unspecified atom stereocenters. The normalized spacial score (nSPS) is 16.9. The van der Waals surface area contributed by atoms with Crippen molar-refractivity contribution in [1.82, 2.24) is 0 Å². The van der Waals surface area contributed by atoms with E-state index >= 15 is 0 Å². The van der Waals surface area contributed by atoms with Crippen LogP contribution in [0.3, 0.4) is 0 Å². The van der Waals surface area contributed by atoms with Crippen LogP contribution in [0.4, 0.5) is 0 Å². The average Bonchev–Trinajstić information content (AvgIpc) is 2.78. The lowest BCUT2D eigenvalue weighted by Crippen LogP contribution is -2.19. The van der Waals surface area contributed by atoms with Gasteiger partial charge in [0.25, 0.3) is 0 Å². The molecule has 1 aromatic rings. The molecular formula is C15H21NO3S. The molecular weight excluding hydrogens is 274 g/mol. The Morgan fingerprint density at radius 3 is 2.85 bits per heavy atom. The first-order valence-electron chi connectivity index (χ1n) is 6.97. The largest absolute Gasteiger partial charge is 0.490 e. The maximum Gasteiger partial charge on any atom is 0.226 e. The summed E-state index contributed by atoms with van der Waals surface area (Å²) in [6.07, 6.45) is 1.64. The summed E-state index contributed by atoms with van der Waals surface area (Å²) in [7, 11) is 0. The highest BCUT2D eigenvalue weighted by Crippen LogP contribution is 2.38. The zero-order chi connectivity index (χ0) is 14.5. The number of hydrogen-bond donors (Lipinski definition) is 1. The summed E-state index contributed by atoms with van der Waals surface area (Å²) in [5, 5.41) is 0.0369. The Balaban J connectivity index is 2.20. The van der Waals surface area contributed by atoms with Crippen LogP contribution in [0.15, 0.2) is 12.1 Å². The molecule has 1 atom stereocenters. The second-order valence-corrected chi connectivity index (χ2v) is 6.05. The van der Waals surface area contributed by atoms with E-state index in [2.05, 4.69) is 0 Å². The van der Waals surface area contributed by atoms with Crippen LogP contribution in [-0.2, 0) is 17.6 Å². The molecule has 0 fully saturated rings. The molecule has 0 aliphatic heterocycles. The Morgan fingerprint density at radius 2 is 2.15 bits per heavy atom. The predicted octanol–water partition coefficient (Wildman–Crippen LogP) is 2.17. The SMILES string of the molecule is CCOc1ccc2c(c1OCC(=O)SCC)CC(N)C2. The van der Waals surface area contributed by atoms with E-state index in [0.29, 0.717) is 18.1 Å². The summed E-state index contributed by atoms with van der Waals surface area (Å²) in [6, 6.07) is 4.08. The summed E-state index contributed by atoms with van der Waals surface area (Å²) in [5.41, 5.74) is 8.31. The predicted molar refractivity (Wildman–Crippen MR) is 81.6 cm³/mol. The third kappa shape index (κ3) is 3.46. The molecule has 0 aromatic heterocycles. The molecule has 0 saturated heterocycles. The summed E-state index contributed by atoms with van der Waals surface area (Å²) < 4.78 is 11.4. The lowest BCUT2D eigenvalue weighted by molar-refractivity contribution is -0.112. The summed E-state index contributed by atoms with van der Waals surface area (Å²) in [5.74, 6) is 2.16. The summed E-state index contributed by atoms with van der Waals surface area (Å²) in [6.45, 7) is 4.53. The zero-order valence-corrected chi connectivity index (χ0v) is 12.8. The molecule has 0 bridgehead atoms. The molecule has 5 heteroatoms. The van der Waals surface area contributed by atoms with Gasteiger partial charge in [-0.25, -0.2) is 0 Å². The van der Waals surface area contributed by atoms with Crippen molar-refractivity contribution < 1.29 is 14.3 Å². The van der Waals surface area contributed by atoms with Crippen molar-refractivity contribution in [3.05, 3.63) is 23.3 Å². The first-order chi connectivity index (χ1) is 9.65. The molecule has 110 valence electrons. The van der Waals surface area contributed by atoms with E-state index in [0.717, 1.165) is 24.2 Å². The van der Waals surface area contributed by atoms with Crippen LogP contribution < -0.4 is 15.2 Å². The number of carbonyl (C=O) groups is 1. The Hall–Kier alpha value is -1.20. The van der Waals surface area contributed by atoms with E-state index < -0.39 is 0 Å². The van der Waals surface area contributed by atoms with Crippen molar-refractivity contribution in [3.8, 4) is 11.5 Å². The maximum absolute atomic E-state index is 11.6. The van der Waals surface area contributed by atoms with Gasteiger partial charge in [0.05, 0.1) is 6.61 Å². The zero-order valence-electron chi connectivity index (χ0n) is 12.0. The minimum Gasteiger partial charge on any atom is -0.490 e. The Labute approximate surface area is 124 Å². The maximum atomic E-state index is 11.6. The quantitative estimate of drug-likeness (QED) is 0.871. The minimum atomic E-state index is 0.0369. The second-order valence-electron chi connectivity index (χ2n) is 4.73. The van der Waals surface area contributed by atoms with Gasteiger partial charge in [0.2, 0.25) is 5.12 Å². The molecule has 0 spiro atoms. The number of benzene rings is 1. The Bertz CT molecular complexity index is 490. The second kappa shape index (κ2) is 6.99. The number of ether oxygens (including phenoxy) is 2. The van der Waals surface area contributed by atoms with Gasteiger partial charge in [-0.1, -0.05) is 24.8 Å². The van der Waals surface area contributed by atoms with Crippen LogP contribution in [0, 0.1) is 0 Å². The number of rotatable bonds is 6. The fourth-order valence-corrected chi connectivity index (χ4v) is 2.90. The monoisotopic (exact) mass is 295 g/mol. The minimum absolute atomic E-state index is 0.0369. The standard InChI is InChI=1S/C15H21NO3S/c1-3-18-13-6-5-10-7-11(16)8-12(10)15(13)19-9-14(17)20-4-2/h5-6,11H,3-4,7-9,16H2,1-2H3. The molecule has 0 amide bonds. The third-order valence-corrected chi connectivity index (χ3v) is 3.94. The van der Waals surface area contributed by atoms with Crippen molar-refractivity contribution in [2.45, 2.75) is 32.7 Å². The molecule has 2 N–H and O–H groups in total. The fourth-order valence-electron chi connectivity index (χ4n) is 2.44. The van der Waals surface area contributed by atoms with E-state index in [1.54, 1.807) is 0 Å². The highest BCUT2D eigenvalue weighted by atomic mass is 32.2. The Kier molecular flexibility index (Phi) is 5.31. The van der Waals surface area contributed by atoms with Crippen LogP contribution in [0.25, 0.3) is 0 Å². The number of carbonyl (C=O) groups excluding carboxylic acids is 1. The smallest absolute Gasteiger partial charge is 0.226 e. The van der Waals surface area contributed by atoms with E-state index in [1.165, 1.54) is 17.3 Å². The highest BCUT2D eigenvalue weighted by Gasteiger charge is 2.25. The van der Waals surface area contributed by atoms with Crippen LogP contribution in [-0.4, -0.2) is 30.1 Å². The molecule has 0 radical (unpaired) electrons. The van der Waals surface area contributed by atoms with Gasteiger partial charge in [0.15, 0.2) is 18.1 Å². The van der Waals surface area contributed by atoms with Crippen LogP contribution in [0.5, 0.6) is 11.5 Å². The molecule has 1 aliphatic rings. The summed E-state index contributed by atoms with van der Waals surface area (Å²) >= 11 is 1.27. The Morgan fingerprint density at radius 1 is 1.35 bits per heavy atom. The molecule has 1 aliphatic carbocycles. The van der Waals surface area contributed by atoms with Gasteiger partial charge in [0, 0.05) is 11.6 Å². The van der Waals surface area contributed by atoms with Gasteiger partial charge in [-0.3, -0.25) is 4.79 Å². The highest BCUT2D eigenvalue weighted by molar-refractivity contribution is 8.13. The van der Waals surface area contributed by atoms with Gasteiger partial charge in [0.1, 0.15) is 0 Å². The topological polar surface area (TPSA) is 61.5 Å². The van der Waals surface area contributed by atoms with Crippen molar-refractivity contribution in [2.24, 2.45) is 5.73 Å². The van der Waals surface area contributed by atoms with Crippen molar-refractivity contribution >= 4 is 16.9 Å².